The number of hydrogen-bond acceptors (Lipinski definition) is 7. The molecule has 0 aromatic carbocycles. The maximum absolute atomic E-state index is 12.8. The van der Waals surface area contributed by atoms with Gasteiger partial charge < -0.3 is 9.52 Å². The van der Waals surface area contributed by atoms with Crippen LogP contribution in [-0.4, -0.2) is 48.9 Å². The molecule has 0 aliphatic carbocycles. The quantitative estimate of drug-likeness (QED) is 0.860. The molecule has 0 bridgehead atoms. The summed E-state index contributed by atoms with van der Waals surface area (Å²) in [4.78, 5) is 15.7. The highest BCUT2D eigenvalue weighted by molar-refractivity contribution is 7.89. The molecule has 3 rings (SSSR count). The van der Waals surface area contributed by atoms with E-state index in [-0.39, 0.29) is 0 Å². The van der Waals surface area contributed by atoms with Crippen molar-refractivity contribution in [1.82, 2.24) is 9.21 Å². The van der Waals surface area contributed by atoms with Gasteiger partial charge in [-0.15, -0.1) is 11.3 Å². The summed E-state index contributed by atoms with van der Waals surface area (Å²) in [5.74, 6) is 0.0319. The molecule has 0 unspecified atom stereocenters. The number of aromatic hydroxyl groups is 1. The molecule has 1 saturated heterocycles. The highest BCUT2D eigenvalue weighted by atomic mass is 32.2. The summed E-state index contributed by atoms with van der Waals surface area (Å²) >= 11 is 1.49. The zero-order valence-electron chi connectivity index (χ0n) is 14.1. The second kappa shape index (κ2) is 6.91. The van der Waals surface area contributed by atoms with E-state index in [1.165, 1.54) is 21.7 Å². The van der Waals surface area contributed by atoms with Crippen LogP contribution in [0.4, 0.5) is 0 Å². The van der Waals surface area contributed by atoms with Crippen LogP contribution in [0.25, 0.3) is 0 Å². The average Bonchev–Trinajstić information content (AvgIpc) is 2.91. The summed E-state index contributed by atoms with van der Waals surface area (Å²) in [6.45, 7) is 6.00. The van der Waals surface area contributed by atoms with E-state index in [1.807, 2.05) is 18.7 Å². The van der Waals surface area contributed by atoms with Crippen LogP contribution in [0.5, 0.6) is 5.75 Å². The predicted octanol–water partition coefficient (Wildman–Crippen LogP) is 1.53. The van der Waals surface area contributed by atoms with Crippen molar-refractivity contribution in [3.8, 4) is 5.75 Å². The zero-order valence-corrected chi connectivity index (χ0v) is 15.7. The molecule has 9 heteroatoms. The van der Waals surface area contributed by atoms with Gasteiger partial charge in [0.05, 0.1) is 11.4 Å². The molecule has 7 nitrogen and oxygen atoms in total. The fraction of sp³-hybridized carbons (Fsp3) is 0.438. The molecule has 0 spiro atoms. The van der Waals surface area contributed by atoms with Crippen LogP contribution in [-0.2, 0) is 16.6 Å². The second-order valence-corrected chi connectivity index (χ2v) is 9.42. The summed E-state index contributed by atoms with van der Waals surface area (Å²) in [6, 6.07) is 2.99. The molecule has 1 fully saturated rings. The average molecular weight is 384 g/mol. The first kappa shape index (κ1) is 18.1. The minimum atomic E-state index is -3.47. The monoisotopic (exact) mass is 384 g/mol. The van der Waals surface area contributed by atoms with Gasteiger partial charge in [0.15, 0.2) is 5.75 Å². The van der Waals surface area contributed by atoms with Crippen molar-refractivity contribution in [2.75, 3.05) is 26.2 Å². The number of piperazine rings is 1. The second-order valence-electron chi connectivity index (χ2n) is 6.05. The lowest BCUT2D eigenvalue weighted by Gasteiger charge is -2.33. The van der Waals surface area contributed by atoms with Crippen molar-refractivity contribution in [3.05, 3.63) is 44.1 Å². The van der Waals surface area contributed by atoms with Gasteiger partial charge in [-0.05, 0) is 19.9 Å². The molecule has 0 amide bonds. The Balaban J connectivity index is 1.66. The maximum Gasteiger partial charge on any atom is 0.244 e. The van der Waals surface area contributed by atoms with Gasteiger partial charge in [0.2, 0.25) is 15.5 Å². The van der Waals surface area contributed by atoms with Crippen LogP contribution in [0.3, 0.4) is 0 Å². The third-order valence-corrected chi connectivity index (χ3v) is 7.31. The lowest BCUT2D eigenvalue weighted by Crippen LogP contribution is -2.48. The van der Waals surface area contributed by atoms with Gasteiger partial charge in [-0.1, -0.05) is 0 Å². The Hall–Kier alpha value is -1.68. The number of rotatable bonds is 4. The minimum absolute atomic E-state index is 0.388. The van der Waals surface area contributed by atoms with Crippen LogP contribution in [0.1, 0.15) is 15.5 Å². The summed E-state index contributed by atoms with van der Waals surface area (Å²) in [5, 5.41) is 9.21. The van der Waals surface area contributed by atoms with Gasteiger partial charge in [0.25, 0.3) is 0 Å². The normalized spacial score (nSPS) is 17.0. The van der Waals surface area contributed by atoms with Crippen molar-refractivity contribution >= 4 is 21.4 Å². The first-order valence-corrected chi connectivity index (χ1v) is 10.1. The van der Waals surface area contributed by atoms with Gasteiger partial charge in [-0.25, -0.2) is 8.42 Å². The SMILES string of the molecule is Cc1cc(S(=O)(=O)N2CCN(Cc3cc(=O)c(O)co3)CC2)c(C)s1. The fourth-order valence-corrected chi connectivity index (χ4v) is 5.82. The van der Waals surface area contributed by atoms with E-state index in [2.05, 4.69) is 0 Å². The smallest absolute Gasteiger partial charge is 0.244 e. The Bertz CT molecular complexity index is 924. The Kier molecular flexibility index (Phi) is 5.01. The molecule has 2 aromatic heterocycles. The zero-order chi connectivity index (χ0) is 18.2. The number of aryl methyl sites for hydroxylation is 2. The van der Waals surface area contributed by atoms with E-state index in [0.29, 0.717) is 43.4 Å². The van der Waals surface area contributed by atoms with Crippen LogP contribution in [0, 0.1) is 13.8 Å². The van der Waals surface area contributed by atoms with Gasteiger partial charge >= 0.3 is 0 Å². The van der Waals surface area contributed by atoms with Crippen molar-refractivity contribution in [2.24, 2.45) is 0 Å². The highest BCUT2D eigenvalue weighted by Crippen LogP contribution is 2.28. The third-order valence-electron chi connectivity index (χ3n) is 4.19. The molecule has 1 N–H and O–H groups in total. The molecule has 2 aromatic rings. The Morgan fingerprint density at radius 1 is 1.20 bits per heavy atom. The van der Waals surface area contributed by atoms with E-state index >= 15 is 0 Å². The third kappa shape index (κ3) is 3.79. The molecule has 136 valence electrons. The van der Waals surface area contributed by atoms with Crippen molar-refractivity contribution in [3.63, 3.8) is 0 Å². The molecule has 3 heterocycles. The number of hydrogen-bond donors (Lipinski definition) is 1. The van der Waals surface area contributed by atoms with Gasteiger partial charge in [-0.2, -0.15) is 4.31 Å². The minimum Gasteiger partial charge on any atom is -0.502 e. The van der Waals surface area contributed by atoms with Crippen LogP contribution in [0.15, 0.2) is 32.5 Å². The predicted molar refractivity (Wildman–Crippen MR) is 94.5 cm³/mol. The first-order chi connectivity index (χ1) is 11.8. The number of nitrogens with zero attached hydrogens (tertiary/aromatic N) is 2. The summed E-state index contributed by atoms with van der Waals surface area (Å²) in [6.07, 6.45) is 1.03. The van der Waals surface area contributed by atoms with E-state index < -0.39 is 21.2 Å². The summed E-state index contributed by atoms with van der Waals surface area (Å²) in [5.41, 5.74) is -0.481. The highest BCUT2D eigenvalue weighted by Gasteiger charge is 2.30. The summed E-state index contributed by atoms with van der Waals surface area (Å²) in [7, 11) is -3.47. The van der Waals surface area contributed by atoms with Crippen molar-refractivity contribution in [2.45, 2.75) is 25.3 Å². The van der Waals surface area contributed by atoms with Crippen molar-refractivity contribution < 1.29 is 17.9 Å². The fourth-order valence-electron chi connectivity index (χ4n) is 2.88. The lowest BCUT2D eigenvalue weighted by atomic mass is 10.3. The Labute approximate surface area is 150 Å². The molecule has 25 heavy (non-hydrogen) atoms. The largest absolute Gasteiger partial charge is 0.502 e. The van der Waals surface area contributed by atoms with Crippen LogP contribution in [0.2, 0.25) is 0 Å². The van der Waals surface area contributed by atoms with Crippen LogP contribution < -0.4 is 5.43 Å². The maximum atomic E-state index is 12.8. The number of thiophene rings is 1. The molecule has 1 aliphatic heterocycles. The number of sulfonamides is 1. The molecule has 1 aliphatic rings. The Morgan fingerprint density at radius 2 is 1.88 bits per heavy atom. The lowest BCUT2D eigenvalue weighted by molar-refractivity contribution is 0.169. The first-order valence-electron chi connectivity index (χ1n) is 7.87. The molecular weight excluding hydrogens is 364 g/mol. The molecular formula is C16H20N2O5S2. The standard InChI is InChI=1S/C16H20N2O5S2/c1-11-7-16(12(2)24-11)25(21,22)18-5-3-17(4-6-18)9-13-8-14(19)15(20)10-23-13/h7-8,10,20H,3-6,9H2,1-2H3. The van der Waals surface area contributed by atoms with E-state index in [0.717, 1.165) is 16.0 Å². The van der Waals surface area contributed by atoms with E-state index in [1.54, 1.807) is 6.07 Å². The van der Waals surface area contributed by atoms with Gasteiger partial charge in [0, 0.05) is 42.0 Å². The molecule has 0 atom stereocenters. The van der Waals surface area contributed by atoms with Crippen LogP contribution >= 0.6 is 11.3 Å². The topological polar surface area (TPSA) is 91.1 Å². The van der Waals surface area contributed by atoms with E-state index in [4.69, 9.17) is 4.42 Å². The van der Waals surface area contributed by atoms with Gasteiger partial charge in [-0.3, -0.25) is 9.69 Å². The molecule has 0 saturated carbocycles. The van der Waals surface area contributed by atoms with E-state index in [9.17, 15) is 18.3 Å². The van der Waals surface area contributed by atoms with Gasteiger partial charge in [0.1, 0.15) is 12.0 Å². The summed E-state index contributed by atoms with van der Waals surface area (Å²) < 4.78 is 32.3. The molecule has 0 radical (unpaired) electrons. The Morgan fingerprint density at radius 3 is 2.44 bits per heavy atom. The van der Waals surface area contributed by atoms with Crippen molar-refractivity contribution in [1.29, 1.82) is 0 Å².